The maximum atomic E-state index is 11.3. The van der Waals surface area contributed by atoms with Gasteiger partial charge < -0.3 is 10.8 Å². The number of nitrogens with zero attached hydrogens (tertiary/aromatic N) is 1. The lowest BCUT2D eigenvalue weighted by atomic mass is 10.1. The van der Waals surface area contributed by atoms with Gasteiger partial charge in [-0.15, -0.1) is 0 Å². The Kier molecular flexibility index (Phi) is 2.82. The van der Waals surface area contributed by atoms with Gasteiger partial charge in [-0.05, 0) is 24.1 Å². The van der Waals surface area contributed by atoms with Crippen molar-refractivity contribution in [2.24, 2.45) is 0 Å². The van der Waals surface area contributed by atoms with E-state index in [-0.39, 0.29) is 17.6 Å². The summed E-state index contributed by atoms with van der Waals surface area (Å²) < 4.78 is 0. The molecule has 5 heteroatoms. The van der Waals surface area contributed by atoms with Crippen molar-refractivity contribution in [1.29, 1.82) is 0 Å². The standard InChI is InChI=1S/C12H12N2O3/c13-9-2-1-8(7-10(9)15)5-6-14-11(16)3-4-12(14)17/h1-4,7,15H,5-6,13H2. The van der Waals surface area contributed by atoms with Crippen LogP contribution in [0.2, 0.25) is 0 Å². The number of nitrogens with two attached hydrogens (primary N) is 1. The number of rotatable bonds is 3. The molecular formula is C12H12N2O3. The van der Waals surface area contributed by atoms with Crippen molar-refractivity contribution < 1.29 is 14.7 Å². The van der Waals surface area contributed by atoms with E-state index in [0.717, 1.165) is 10.5 Å². The van der Waals surface area contributed by atoms with Gasteiger partial charge >= 0.3 is 0 Å². The number of amides is 2. The normalized spacial score (nSPS) is 14.7. The monoisotopic (exact) mass is 232 g/mol. The molecule has 1 aliphatic heterocycles. The minimum Gasteiger partial charge on any atom is -0.506 e. The molecule has 0 radical (unpaired) electrons. The van der Waals surface area contributed by atoms with Gasteiger partial charge in [0, 0.05) is 18.7 Å². The maximum absolute atomic E-state index is 11.3. The Morgan fingerprint density at radius 1 is 1.18 bits per heavy atom. The van der Waals surface area contributed by atoms with Crippen molar-refractivity contribution in [3.8, 4) is 5.75 Å². The first-order valence-corrected chi connectivity index (χ1v) is 5.19. The molecule has 5 nitrogen and oxygen atoms in total. The zero-order valence-corrected chi connectivity index (χ0v) is 9.09. The van der Waals surface area contributed by atoms with Gasteiger partial charge in [0.2, 0.25) is 0 Å². The molecule has 2 rings (SSSR count). The van der Waals surface area contributed by atoms with E-state index in [1.165, 1.54) is 18.2 Å². The Labute approximate surface area is 98.1 Å². The van der Waals surface area contributed by atoms with Crippen LogP contribution in [0.4, 0.5) is 5.69 Å². The van der Waals surface area contributed by atoms with Crippen LogP contribution >= 0.6 is 0 Å². The summed E-state index contributed by atoms with van der Waals surface area (Å²) >= 11 is 0. The predicted octanol–water partition coefficient (Wildman–Crippen LogP) is 0.442. The highest BCUT2D eigenvalue weighted by molar-refractivity contribution is 6.12. The molecule has 0 aliphatic carbocycles. The summed E-state index contributed by atoms with van der Waals surface area (Å²) in [6, 6.07) is 4.89. The first kappa shape index (κ1) is 11.2. The maximum Gasteiger partial charge on any atom is 0.253 e. The summed E-state index contributed by atoms with van der Waals surface area (Å²) in [5, 5.41) is 9.41. The lowest BCUT2D eigenvalue weighted by Crippen LogP contribution is -2.31. The fraction of sp³-hybridized carbons (Fsp3) is 0.167. The number of carbonyl (C=O) groups excluding carboxylic acids is 2. The molecule has 0 bridgehead atoms. The molecule has 2 amide bonds. The molecule has 0 atom stereocenters. The molecule has 0 unspecified atom stereocenters. The zero-order chi connectivity index (χ0) is 12.4. The Balaban J connectivity index is 2.01. The Morgan fingerprint density at radius 2 is 1.82 bits per heavy atom. The third-order valence-electron chi connectivity index (χ3n) is 2.62. The van der Waals surface area contributed by atoms with Crippen molar-refractivity contribution in [2.75, 3.05) is 12.3 Å². The Hall–Kier alpha value is -2.30. The SMILES string of the molecule is Nc1ccc(CCN2C(=O)C=CC2=O)cc1O. The van der Waals surface area contributed by atoms with Crippen LogP contribution in [0.1, 0.15) is 5.56 Å². The number of hydrogen-bond donors (Lipinski definition) is 2. The average molecular weight is 232 g/mol. The van der Waals surface area contributed by atoms with E-state index in [9.17, 15) is 14.7 Å². The van der Waals surface area contributed by atoms with E-state index < -0.39 is 0 Å². The summed E-state index contributed by atoms with van der Waals surface area (Å²) in [4.78, 5) is 23.7. The molecule has 17 heavy (non-hydrogen) atoms. The largest absolute Gasteiger partial charge is 0.506 e. The number of carbonyl (C=O) groups is 2. The Bertz CT molecular complexity index is 490. The molecule has 0 aromatic heterocycles. The van der Waals surface area contributed by atoms with Gasteiger partial charge in [0.15, 0.2) is 0 Å². The topological polar surface area (TPSA) is 83.6 Å². The number of imide groups is 1. The van der Waals surface area contributed by atoms with Gasteiger partial charge in [-0.2, -0.15) is 0 Å². The first-order chi connectivity index (χ1) is 8.08. The van der Waals surface area contributed by atoms with Crippen molar-refractivity contribution in [2.45, 2.75) is 6.42 Å². The first-order valence-electron chi connectivity index (χ1n) is 5.19. The highest BCUT2D eigenvalue weighted by Crippen LogP contribution is 2.21. The van der Waals surface area contributed by atoms with Gasteiger partial charge in [0.1, 0.15) is 5.75 Å². The fourth-order valence-corrected chi connectivity index (χ4v) is 1.64. The second kappa shape index (κ2) is 4.29. The Morgan fingerprint density at radius 3 is 2.41 bits per heavy atom. The molecular weight excluding hydrogens is 220 g/mol. The molecule has 1 heterocycles. The second-order valence-electron chi connectivity index (χ2n) is 3.80. The van der Waals surface area contributed by atoms with E-state index >= 15 is 0 Å². The molecule has 1 aromatic rings. The number of phenolic OH excluding ortho intramolecular Hbond substituents is 1. The van der Waals surface area contributed by atoms with Crippen molar-refractivity contribution in [1.82, 2.24) is 4.90 Å². The summed E-state index contributed by atoms with van der Waals surface area (Å²) in [5.41, 5.74) is 6.60. The molecule has 88 valence electrons. The zero-order valence-electron chi connectivity index (χ0n) is 9.09. The van der Waals surface area contributed by atoms with Gasteiger partial charge in [-0.3, -0.25) is 14.5 Å². The number of anilines is 1. The van der Waals surface area contributed by atoms with Gasteiger partial charge in [0.25, 0.3) is 11.8 Å². The van der Waals surface area contributed by atoms with Crippen LogP contribution in [0.25, 0.3) is 0 Å². The van der Waals surface area contributed by atoms with Crippen LogP contribution < -0.4 is 5.73 Å². The van der Waals surface area contributed by atoms with Crippen molar-refractivity contribution >= 4 is 17.5 Å². The quantitative estimate of drug-likeness (QED) is 0.450. The van der Waals surface area contributed by atoms with Gasteiger partial charge in [-0.25, -0.2) is 0 Å². The van der Waals surface area contributed by atoms with Gasteiger partial charge in [0.05, 0.1) is 5.69 Å². The van der Waals surface area contributed by atoms with E-state index in [2.05, 4.69) is 0 Å². The molecule has 0 saturated carbocycles. The van der Waals surface area contributed by atoms with Crippen LogP contribution in [0.15, 0.2) is 30.4 Å². The molecule has 1 aliphatic rings. The number of nitrogen functional groups attached to an aromatic ring is 1. The fourth-order valence-electron chi connectivity index (χ4n) is 1.64. The lowest BCUT2D eigenvalue weighted by molar-refractivity contribution is -0.136. The molecule has 0 fully saturated rings. The number of benzene rings is 1. The van der Waals surface area contributed by atoms with Crippen LogP contribution in [0, 0.1) is 0 Å². The third-order valence-corrected chi connectivity index (χ3v) is 2.62. The highest BCUT2D eigenvalue weighted by atomic mass is 16.3. The van der Waals surface area contributed by atoms with E-state index in [4.69, 9.17) is 5.73 Å². The van der Waals surface area contributed by atoms with Crippen molar-refractivity contribution in [3.05, 3.63) is 35.9 Å². The summed E-state index contributed by atoms with van der Waals surface area (Å²) in [6.45, 7) is 0.300. The van der Waals surface area contributed by atoms with Crippen LogP contribution in [0.5, 0.6) is 5.75 Å². The minimum atomic E-state index is -0.297. The molecule has 3 N–H and O–H groups in total. The molecule has 1 aromatic carbocycles. The minimum absolute atomic E-state index is 0.0136. The number of aromatic hydroxyl groups is 1. The highest BCUT2D eigenvalue weighted by Gasteiger charge is 2.22. The summed E-state index contributed by atoms with van der Waals surface area (Å²) in [7, 11) is 0. The third kappa shape index (κ3) is 2.28. The van der Waals surface area contributed by atoms with Crippen molar-refractivity contribution in [3.63, 3.8) is 0 Å². The van der Waals surface area contributed by atoms with Crippen LogP contribution in [0.3, 0.4) is 0 Å². The predicted molar refractivity (Wildman–Crippen MR) is 62.1 cm³/mol. The van der Waals surface area contributed by atoms with Crippen LogP contribution in [-0.4, -0.2) is 28.4 Å². The average Bonchev–Trinajstić information content (AvgIpc) is 2.61. The van der Waals surface area contributed by atoms with Crippen LogP contribution in [-0.2, 0) is 16.0 Å². The second-order valence-corrected chi connectivity index (χ2v) is 3.80. The lowest BCUT2D eigenvalue weighted by Gasteiger charge is -2.13. The summed E-state index contributed by atoms with van der Waals surface area (Å²) in [6.07, 6.45) is 3.00. The molecule has 0 saturated heterocycles. The smallest absolute Gasteiger partial charge is 0.253 e. The molecule has 0 spiro atoms. The van der Waals surface area contributed by atoms with E-state index in [1.807, 2.05) is 0 Å². The van der Waals surface area contributed by atoms with Gasteiger partial charge in [-0.1, -0.05) is 6.07 Å². The van der Waals surface area contributed by atoms with E-state index in [1.54, 1.807) is 12.1 Å². The summed E-state index contributed by atoms with van der Waals surface area (Å²) in [5.74, 6) is -0.580. The number of phenols is 1. The van der Waals surface area contributed by atoms with E-state index in [0.29, 0.717) is 18.7 Å². The number of hydrogen-bond acceptors (Lipinski definition) is 4.